The quantitative estimate of drug-likeness (QED) is 0.607. The van der Waals surface area contributed by atoms with E-state index in [1.165, 1.54) is 12.8 Å². The Kier molecular flexibility index (Phi) is 6.15. The van der Waals surface area contributed by atoms with Gasteiger partial charge in [-0.05, 0) is 25.8 Å². The van der Waals surface area contributed by atoms with Crippen molar-refractivity contribution in [2.75, 3.05) is 33.0 Å². The Balaban J connectivity index is 1.78. The van der Waals surface area contributed by atoms with Crippen molar-refractivity contribution in [2.24, 2.45) is 0 Å². The van der Waals surface area contributed by atoms with Crippen LogP contribution in [0.25, 0.3) is 0 Å². The lowest BCUT2D eigenvalue weighted by atomic mass is 10.2. The minimum Gasteiger partial charge on any atom is -0.379 e. The largest absolute Gasteiger partial charge is 0.379 e. The summed E-state index contributed by atoms with van der Waals surface area (Å²) in [6, 6.07) is 0.589. The molecule has 1 heterocycles. The zero-order valence-corrected chi connectivity index (χ0v) is 8.55. The van der Waals surface area contributed by atoms with Gasteiger partial charge in [-0.1, -0.05) is 6.92 Å². The van der Waals surface area contributed by atoms with Crippen molar-refractivity contribution in [3.63, 3.8) is 0 Å². The number of hydrogen-bond acceptors (Lipinski definition) is 3. The smallest absolute Gasteiger partial charge is 0.0701 e. The first-order valence-electron chi connectivity index (χ1n) is 5.32. The monoisotopic (exact) mass is 187 g/mol. The van der Waals surface area contributed by atoms with Crippen LogP contribution in [0, 0.1) is 0 Å². The summed E-state index contributed by atoms with van der Waals surface area (Å²) >= 11 is 0. The van der Waals surface area contributed by atoms with Crippen molar-refractivity contribution in [1.82, 2.24) is 5.32 Å². The summed E-state index contributed by atoms with van der Waals surface area (Å²) in [7, 11) is 0. The molecule has 1 aliphatic heterocycles. The fraction of sp³-hybridized carbons (Fsp3) is 1.00. The highest BCUT2D eigenvalue weighted by molar-refractivity contribution is 4.73. The average Bonchev–Trinajstić information content (AvgIpc) is 2.63. The van der Waals surface area contributed by atoms with Crippen molar-refractivity contribution < 1.29 is 9.47 Å². The van der Waals surface area contributed by atoms with Gasteiger partial charge in [0.2, 0.25) is 0 Å². The van der Waals surface area contributed by atoms with E-state index < -0.39 is 0 Å². The van der Waals surface area contributed by atoms with Crippen LogP contribution < -0.4 is 5.32 Å². The van der Waals surface area contributed by atoms with Crippen LogP contribution in [0.15, 0.2) is 0 Å². The molecule has 78 valence electrons. The van der Waals surface area contributed by atoms with Gasteiger partial charge in [-0.15, -0.1) is 0 Å². The molecule has 0 amide bonds. The second-order valence-corrected chi connectivity index (χ2v) is 3.48. The van der Waals surface area contributed by atoms with Gasteiger partial charge in [0.05, 0.1) is 19.8 Å². The highest BCUT2D eigenvalue weighted by Crippen LogP contribution is 2.04. The lowest BCUT2D eigenvalue weighted by Gasteiger charge is -2.10. The van der Waals surface area contributed by atoms with Crippen LogP contribution in [0.4, 0.5) is 0 Å². The van der Waals surface area contributed by atoms with E-state index in [-0.39, 0.29) is 0 Å². The van der Waals surface area contributed by atoms with Gasteiger partial charge in [0.15, 0.2) is 0 Å². The van der Waals surface area contributed by atoms with E-state index in [0.717, 1.165) is 39.4 Å². The van der Waals surface area contributed by atoms with Gasteiger partial charge in [0, 0.05) is 12.6 Å². The summed E-state index contributed by atoms with van der Waals surface area (Å²) in [6.45, 7) is 6.43. The van der Waals surface area contributed by atoms with Crippen molar-refractivity contribution in [3.8, 4) is 0 Å². The van der Waals surface area contributed by atoms with Crippen LogP contribution in [-0.4, -0.2) is 39.0 Å². The third-order valence-electron chi connectivity index (χ3n) is 2.20. The molecule has 1 rings (SSSR count). The topological polar surface area (TPSA) is 30.5 Å². The molecule has 0 spiro atoms. The molecule has 1 aliphatic rings. The number of hydrogen-bond donors (Lipinski definition) is 1. The Morgan fingerprint density at radius 2 is 2.08 bits per heavy atom. The molecule has 1 atom stereocenters. The molecule has 0 bridgehead atoms. The molecule has 1 N–H and O–H groups in total. The minimum absolute atomic E-state index is 0.589. The van der Waals surface area contributed by atoms with Crippen LogP contribution in [-0.2, 0) is 9.47 Å². The normalized spacial score (nSPS) is 22.4. The number of rotatable bonds is 7. The maximum Gasteiger partial charge on any atom is 0.0701 e. The maximum atomic E-state index is 5.48. The molecule has 1 saturated heterocycles. The summed E-state index contributed by atoms with van der Waals surface area (Å²) in [5.74, 6) is 0. The van der Waals surface area contributed by atoms with Crippen LogP contribution in [0.1, 0.15) is 26.2 Å². The molecule has 3 heteroatoms. The fourth-order valence-electron chi connectivity index (χ4n) is 1.49. The number of nitrogens with one attached hydrogen (secondary N) is 1. The summed E-state index contributed by atoms with van der Waals surface area (Å²) in [5.41, 5.74) is 0. The van der Waals surface area contributed by atoms with Gasteiger partial charge >= 0.3 is 0 Å². The molecular weight excluding hydrogens is 166 g/mol. The predicted molar refractivity (Wildman–Crippen MR) is 53.0 cm³/mol. The molecule has 1 fully saturated rings. The Bertz CT molecular complexity index is 113. The van der Waals surface area contributed by atoms with E-state index in [1.54, 1.807) is 0 Å². The van der Waals surface area contributed by atoms with E-state index in [1.807, 2.05) is 0 Å². The Hall–Kier alpha value is -0.120. The molecule has 13 heavy (non-hydrogen) atoms. The minimum atomic E-state index is 0.589. The van der Waals surface area contributed by atoms with E-state index in [9.17, 15) is 0 Å². The summed E-state index contributed by atoms with van der Waals surface area (Å²) in [5, 5.41) is 3.39. The van der Waals surface area contributed by atoms with Gasteiger partial charge in [0.1, 0.15) is 0 Å². The van der Waals surface area contributed by atoms with E-state index in [2.05, 4.69) is 12.2 Å². The zero-order valence-electron chi connectivity index (χ0n) is 8.55. The predicted octanol–water partition coefficient (Wildman–Crippen LogP) is 1.18. The van der Waals surface area contributed by atoms with Gasteiger partial charge in [-0.2, -0.15) is 0 Å². The van der Waals surface area contributed by atoms with Gasteiger partial charge in [-0.25, -0.2) is 0 Å². The summed E-state index contributed by atoms with van der Waals surface area (Å²) in [4.78, 5) is 0. The Morgan fingerprint density at radius 3 is 2.77 bits per heavy atom. The van der Waals surface area contributed by atoms with Gasteiger partial charge in [0.25, 0.3) is 0 Å². The lowest BCUT2D eigenvalue weighted by Crippen LogP contribution is -2.27. The van der Waals surface area contributed by atoms with Crippen molar-refractivity contribution in [2.45, 2.75) is 32.2 Å². The molecule has 1 unspecified atom stereocenters. The third-order valence-corrected chi connectivity index (χ3v) is 2.20. The average molecular weight is 187 g/mol. The van der Waals surface area contributed by atoms with Crippen LogP contribution >= 0.6 is 0 Å². The second kappa shape index (κ2) is 7.30. The Labute approximate surface area is 80.8 Å². The molecule has 0 aliphatic carbocycles. The van der Waals surface area contributed by atoms with Crippen LogP contribution in [0.5, 0.6) is 0 Å². The van der Waals surface area contributed by atoms with Gasteiger partial charge < -0.3 is 14.8 Å². The molecule has 0 radical (unpaired) electrons. The molecule has 3 nitrogen and oxygen atoms in total. The van der Waals surface area contributed by atoms with Crippen molar-refractivity contribution >= 4 is 0 Å². The summed E-state index contributed by atoms with van der Waals surface area (Å²) in [6.07, 6.45) is 3.64. The van der Waals surface area contributed by atoms with Crippen LogP contribution in [0.3, 0.4) is 0 Å². The first kappa shape index (κ1) is 11.0. The van der Waals surface area contributed by atoms with Crippen LogP contribution in [0.2, 0.25) is 0 Å². The summed E-state index contributed by atoms with van der Waals surface area (Å²) < 4.78 is 10.8. The Morgan fingerprint density at radius 1 is 1.23 bits per heavy atom. The first-order valence-corrected chi connectivity index (χ1v) is 5.32. The molecule has 0 aromatic carbocycles. The number of ether oxygens (including phenoxy) is 2. The third kappa shape index (κ3) is 5.24. The fourth-order valence-corrected chi connectivity index (χ4v) is 1.49. The van der Waals surface area contributed by atoms with E-state index in [4.69, 9.17) is 9.47 Å². The van der Waals surface area contributed by atoms with E-state index >= 15 is 0 Å². The molecule has 0 aromatic rings. The SMILES string of the molecule is CCCOCCOCC1CCCN1. The van der Waals surface area contributed by atoms with Gasteiger partial charge in [-0.3, -0.25) is 0 Å². The van der Waals surface area contributed by atoms with Crippen molar-refractivity contribution in [1.29, 1.82) is 0 Å². The lowest BCUT2D eigenvalue weighted by molar-refractivity contribution is 0.0412. The molecular formula is C10H21NO2. The molecule has 0 saturated carbocycles. The second-order valence-electron chi connectivity index (χ2n) is 3.48. The zero-order chi connectivity index (χ0) is 9.36. The van der Waals surface area contributed by atoms with E-state index in [0.29, 0.717) is 6.04 Å². The standard InChI is InChI=1S/C10H21NO2/c1-2-6-12-7-8-13-9-10-4-3-5-11-10/h10-11H,2-9H2,1H3. The molecule has 0 aromatic heterocycles. The van der Waals surface area contributed by atoms with Crippen molar-refractivity contribution in [3.05, 3.63) is 0 Å². The maximum absolute atomic E-state index is 5.48. The first-order chi connectivity index (χ1) is 6.43. The highest BCUT2D eigenvalue weighted by atomic mass is 16.5. The highest BCUT2D eigenvalue weighted by Gasteiger charge is 2.13.